The highest BCUT2D eigenvalue weighted by molar-refractivity contribution is 6.09. The van der Waals surface area contributed by atoms with Gasteiger partial charge in [-0.1, -0.05) is 30.3 Å². The molecule has 4 rings (SSSR count). The summed E-state index contributed by atoms with van der Waals surface area (Å²) < 4.78 is 5.68. The first-order valence-electron chi connectivity index (χ1n) is 8.29. The lowest BCUT2D eigenvalue weighted by Crippen LogP contribution is -2.45. The second kappa shape index (κ2) is 6.26. The Morgan fingerprint density at radius 3 is 3.04 bits per heavy atom. The fourth-order valence-corrected chi connectivity index (χ4v) is 3.30. The number of benzene rings is 2. The Morgan fingerprint density at radius 2 is 2.17 bits per heavy atom. The summed E-state index contributed by atoms with van der Waals surface area (Å²) in [5.74, 6) is -0.0906. The monoisotopic (exact) mass is 323 g/mol. The van der Waals surface area contributed by atoms with E-state index in [0.717, 1.165) is 36.0 Å². The lowest BCUT2D eigenvalue weighted by Gasteiger charge is -2.30. The van der Waals surface area contributed by atoms with E-state index in [-0.39, 0.29) is 12.0 Å². The molecule has 124 valence electrons. The van der Waals surface area contributed by atoms with Crippen molar-refractivity contribution in [1.29, 1.82) is 0 Å². The van der Waals surface area contributed by atoms with Crippen LogP contribution >= 0.6 is 0 Å². The SMILES string of the molecule is CN1CCO[C@H](CNC(=O)c2cc3c(ccc4ccccc43)[nH]2)C1. The predicted molar refractivity (Wildman–Crippen MR) is 95.4 cm³/mol. The Labute approximate surface area is 140 Å². The van der Waals surface area contributed by atoms with Gasteiger partial charge in [0.25, 0.3) is 5.91 Å². The van der Waals surface area contributed by atoms with Crippen LogP contribution in [-0.4, -0.2) is 55.2 Å². The summed E-state index contributed by atoms with van der Waals surface area (Å²) in [5, 5.41) is 6.38. The molecule has 1 saturated heterocycles. The van der Waals surface area contributed by atoms with Crippen molar-refractivity contribution in [3.8, 4) is 0 Å². The molecule has 2 aromatic carbocycles. The first-order valence-corrected chi connectivity index (χ1v) is 8.29. The zero-order valence-corrected chi connectivity index (χ0v) is 13.7. The molecule has 0 aliphatic carbocycles. The summed E-state index contributed by atoms with van der Waals surface area (Å²) in [6.07, 6.45) is 0.0536. The Kier molecular flexibility index (Phi) is 3.96. The molecule has 1 amide bonds. The van der Waals surface area contributed by atoms with Crippen molar-refractivity contribution in [1.82, 2.24) is 15.2 Å². The van der Waals surface area contributed by atoms with Crippen molar-refractivity contribution in [2.45, 2.75) is 6.10 Å². The van der Waals surface area contributed by atoms with Gasteiger partial charge in [-0.05, 0) is 30.0 Å². The molecule has 0 saturated carbocycles. The number of rotatable bonds is 3. The summed E-state index contributed by atoms with van der Waals surface area (Å²) in [5.41, 5.74) is 1.57. The van der Waals surface area contributed by atoms with Crippen molar-refractivity contribution < 1.29 is 9.53 Å². The molecule has 2 heterocycles. The lowest BCUT2D eigenvalue weighted by molar-refractivity contribution is -0.0175. The minimum atomic E-state index is -0.0906. The molecular weight excluding hydrogens is 302 g/mol. The normalized spacial score (nSPS) is 19.0. The first kappa shape index (κ1) is 15.2. The summed E-state index contributed by atoms with van der Waals surface area (Å²) >= 11 is 0. The second-order valence-corrected chi connectivity index (χ2v) is 6.40. The number of aromatic amines is 1. The van der Waals surface area contributed by atoms with Gasteiger partial charge in [0.05, 0.1) is 12.7 Å². The van der Waals surface area contributed by atoms with E-state index in [1.54, 1.807) is 0 Å². The quantitative estimate of drug-likeness (QED) is 0.778. The van der Waals surface area contributed by atoms with E-state index in [1.165, 1.54) is 5.39 Å². The van der Waals surface area contributed by atoms with Gasteiger partial charge in [-0.3, -0.25) is 4.79 Å². The number of nitrogens with one attached hydrogen (secondary N) is 2. The lowest BCUT2D eigenvalue weighted by atomic mass is 10.1. The van der Waals surface area contributed by atoms with E-state index >= 15 is 0 Å². The third-order valence-electron chi connectivity index (χ3n) is 4.61. The highest BCUT2D eigenvalue weighted by Gasteiger charge is 2.19. The van der Waals surface area contributed by atoms with Crippen LogP contribution in [0.2, 0.25) is 0 Å². The van der Waals surface area contributed by atoms with Crippen LogP contribution in [0.1, 0.15) is 10.5 Å². The van der Waals surface area contributed by atoms with Gasteiger partial charge in [0.1, 0.15) is 5.69 Å². The fraction of sp³-hybridized carbons (Fsp3) is 0.316. The Hall–Kier alpha value is -2.37. The molecule has 0 spiro atoms. The van der Waals surface area contributed by atoms with E-state index in [1.807, 2.05) is 24.3 Å². The van der Waals surface area contributed by atoms with E-state index < -0.39 is 0 Å². The number of hydrogen-bond acceptors (Lipinski definition) is 3. The van der Waals surface area contributed by atoms with Crippen molar-refractivity contribution in [3.05, 3.63) is 48.2 Å². The van der Waals surface area contributed by atoms with Gasteiger partial charge < -0.3 is 19.9 Å². The van der Waals surface area contributed by atoms with Gasteiger partial charge in [-0.2, -0.15) is 0 Å². The molecule has 2 N–H and O–H groups in total. The highest BCUT2D eigenvalue weighted by Crippen LogP contribution is 2.25. The van der Waals surface area contributed by atoms with Gasteiger partial charge in [0.15, 0.2) is 0 Å². The smallest absolute Gasteiger partial charge is 0.267 e. The zero-order chi connectivity index (χ0) is 16.5. The minimum Gasteiger partial charge on any atom is -0.374 e. The average molecular weight is 323 g/mol. The topological polar surface area (TPSA) is 57.4 Å². The molecule has 1 atom stereocenters. The second-order valence-electron chi connectivity index (χ2n) is 6.40. The van der Waals surface area contributed by atoms with E-state index in [4.69, 9.17) is 4.74 Å². The van der Waals surface area contributed by atoms with Crippen LogP contribution in [0, 0.1) is 0 Å². The van der Waals surface area contributed by atoms with Crippen molar-refractivity contribution >= 4 is 27.6 Å². The molecular formula is C19H21N3O2. The average Bonchev–Trinajstić information content (AvgIpc) is 3.04. The largest absolute Gasteiger partial charge is 0.374 e. The van der Waals surface area contributed by atoms with Crippen LogP contribution in [0.15, 0.2) is 42.5 Å². The molecule has 1 aliphatic heterocycles. The van der Waals surface area contributed by atoms with Crippen LogP contribution in [-0.2, 0) is 4.74 Å². The van der Waals surface area contributed by atoms with Gasteiger partial charge in [-0.25, -0.2) is 0 Å². The van der Waals surface area contributed by atoms with Gasteiger partial charge >= 0.3 is 0 Å². The van der Waals surface area contributed by atoms with Crippen LogP contribution in [0.4, 0.5) is 0 Å². The number of H-pyrrole nitrogens is 1. The van der Waals surface area contributed by atoms with Crippen molar-refractivity contribution in [2.75, 3.05) is 33.3 Å². The molecule has 1 fully saturated rings. The number of aromatic nitrogens is 1. The highest BCUT2D eigenvalue weighted by atomic mass is 16.5. The molecule has 5 nitrogen and oxygen atoms in total. The van der Waals surface area contributed by atoms with Crippen LogP contribution < -0.4 is 5.32 Å². The van der Waals surface area contributed by atoms with E-state index in [2.05, 4.69) is 40.4 Å². The first-order chi connectivity index (χ1) is 11.7. The van der Waals surface area contributed by atoms with Gasteiger partial charge in [0, 0.05) is 30.5 Å². The molecule has 1 aromatic heterocycles. The fourth-order valence-electron chi connectivity index (χ4n) is 3.30. The minimum absolute atomic E-state index is 0.0536. The Morgan fingerprint density at radius 1 is 1.29 bits per heavy atom. The number of carbonyl (C=O) groups is 1. The number of amides is 1. The zero-order valence-electron chi connectivity index (χ0n) is 13.7. The van der Waals surface area contributed by atoms with Crippen molar-refractivity contribution in [2.24, 2.45) is 0 Å². The predicted octanol–water partition coefficient (Wildman–Crippen LogP) is 2.38. The maximum Gasteiger partial charge on any atom is 0.267 e. The van der Waals surface area contributed by atoms with E-state index in [9.17, 15) is 4.79 Å². The third kappa shape index (κ3) is 2.88. The van der Waals surface area contributed by atoms with E-state index in [0.29, 0.717) is 12.2 Å². The van der Waals surface area contributed by atoms with Gasteiger partial charge in [-0.15, -0.1) is 0 Å². The summed E-state index contributed by atoms with van der Waals surface area (Å²) in [6, 6.07) is 14.2. The molecule has 3 aromatic rings. The third-order valence-corrected chi connectivity index (χ3v) is 4.61. The maximum atomic E-state index is 12.5. The van der Waals surface area contributed by atoms with Crippen molar-refractivity contribution in [3.63, 3.8) is 0 Å². The number of likely N-dealkylation sites (N-methyl/N-ethyl adjacent to an activating group) is 1. The molecule has 1 aliphatic rings. The number of morpholine rings is 1. The number of fused-ring (bicyclic) bond motifs is 3. The standard InChI is InChI=1S/C19H21N3O2/c1-22-8-9-24-14(12-22)11-20-19(23)18-10-16-15-5-3-2-4-13(15)6-7-17(16)21-18/h2-7,10,14,21H,8-9,11-12H2,1H3,(H,20,23)/t14-/m1/s1. The van der Waals surface area contributed by atoms with Gasteiger partial charge in [0.2, 0.25) is 0 Å². The number of nitrogens with zero attached hydrogens (tertiary/aromatic N) is 1. The molecule has 0 radical (unpaired) electrons. The van der Waals surface area contributed by atoms with Crippen LogP contribution in [0.5, 0.6) is 0 Å². The number of hydrogen-bond donors (Lipinski definition) is 2. The number of ether oxygens (including phenoxy) is 1. The van der Waals surface area contributed by atoms with Crippen LogP contribution in [0.3, 0.4) is 0 Å². The molecule has 0 bridgehead atoms. The van der Waals surface area contributed by atoms with Crippen LogP contribution in [0.25, 0.3) is 21.7 Å². The summed E-state index contributed by atoms with van der Waals surface area (Å²) in [6.45, 7) is 3.03. The molecule has 24 heavy (non-hydrogen) atoms. The summed E-state index contributed by atoms with van der Waals surface area (Å²) in [4.78, 5) is 17.9. The molecule has 0 unspecified atom stereocenters. The number of carbonyl (C=O) groups excluding carboxylic acids is 1. The summed E-state index contributed by atoms with van der Waals surface area (Å²) in [7, 11) is 2.07. The Balaban J connectivity index is 1.53. The maximum absolute atomic E-state index is 12.5. The molecule has 5 heteroatoms. The Bertz CT molecular complexity index is 887.